The molecule has 0 fully saturated rings. The molecule has 0 saturated heterocycles. The first-order chi connectivity index (χ1) is 36.5. The van der Waals surface area contributed by atoms with Crippen LogP contribution in [0.1, 0.15) is 158 Å². The summed E-state index contributed by atoms with van der Waals surface area (Å²) >= 11 is 0. The lowest BCUT2D eigenvalue weighted by Gasteiger charge is -2.34. The maximum absolute atomic E-state index is 2.64. The normalized spacial score (nSPS) is 13.3. The summed E-state index contributed by atoms with van der Waals surface area (Å²) in [6.45, 7) is 42.0. The van der Waals surface area contributed by atoms with E-state index in [1.807, 2.05) is 0 Å². The number of rotatable bonds is 6. The van der Waals surface area contributed by atoms with E-state index in [1.54, 1.807) is 0 Å². The van der Waals surface area contributed by atoms with Crippen molar-refractivity contribution in [3.05, 3.63) is 203 Å². The first kappa shape index (κ1) is 52.9. The molecule has 0 radical (unpaired) electrons. The van der Waals surface area contributed by atoms with Crippen LogP contribution in [0.15, 0.2) is 170 Å². The van der Waals surface area contributed by atoms with Crippen LogP contribution in [0.2, 0.25) is 0 Å². The zero-order chi connectivity index (χ0) is 55.8. The standard InChI is InChI=1S/C76H82N2/c1-71(2,3)51-29-37-65(60(43-51)47-22-20-19-21-23-47)78(68-46-54(74(10,11)12)28-34-57(68)50-40-55(75(13,14)15)42-56(41-50)76(16,17)18)64-36-27-49-24-32-58-63(35-26-48-25-33-59(64)70(49)69(48)58)77-66-38-30-52(72(4,5)6)44-61(66)62-45-53(73(7,8)9)31-39-67(62)77/h19-46H,1-18H3. The monoisotopic (exact) mass is 1020 g/mol. The molecule has 396 valence electrons. The summed E-state index contributed by atoms with van der Waals surface area (Å²) in [5, 5.41) is 10.1. The zero-order valence-corrected chi connectivity index (χ0v) is 50.1. The van der Waals surface area contributed by atoms with E-state index in [0.29, 0.717) is 0 Å². The molecule has 0 unspecified atom stereocenters. The summed E-state index contributed by atoms with van der Waals surface area (Å²) in [5.74, 6) is 0. The summed E-state index contributed by atoms with van der Waals surface area (Å²) in [6, 6.07) is 66.5. The van der Waals surface area contributed by atoms with E-state index in [2.05, 4.69) is 304 Å². The molecule has 0 aliphatic carbocycles. The number of nitrogens with zero attached hydrogens (tertiary/aromatic N) is 2. The molecular weight excluding hydrogens is 941 g/mol. The van der Waals surface area contributed by atoms with Gasteiger partial charge in [-0.15, -0.1) is 0 Å². The number of hydrogen-bond acceptors (Lipinski definition) is 1. The minimum Gasteiger partial charge on any atom is -0.309 e. The topological polar surface area (TPSA) is 8.17 Å². The highest BCUT2D eigenvalue weighted by atomic mass is 15.1. The van der Waals surface area contributed by atoms with Gasteiger partial charge in [0.25, 0.3) is 0 Å². The van der Waals surface area contributed by atoms with E-state index in [4.69, 9.17) is 0 Å². The van der Waals surface area contributed by atoms with Crippen LogP contribution in [0.25, 0.3) is 82.1 Å². The van der Waals surface area contributed by atoms with Gasteiger partial charge in [0.15, 0.2) is 0 Å². The fraction of sp³-hybridized carbons (Fsp3) is 0.316. The van der Waals surface area contributed by atoms with Crippen molar-refractivity contribution in [2.45, 2.75) is 157 Å². The number of benzene rings is 10. The Morgan fingerprint density at radius 1 is 0.282 bits per heavy atom. The summed E-state index contributed by atoms with van der Waals surface area (Å²) in [4.78, 5) is 2.64. The fourth-order valence-electron chi connectivity index (χ4n) is 11.9. The van der Waals surface area contributed by atoms with E-state index >= 15 is 0 Å². The molecule has 0 atom stereocenters. The van der Waals surface area contributed by atoms with Crippen molar-refractivity contribution in [1.82, 2.24) is 4.57 Å². The van der Waals surface area contributed by atoms with Crippen LogP contribution in [-0.4, -0.2) is 4.57 Å². The fourth-order valence-corrected chi connectivity index (χ4v) is 11.9. The third-order valence-electron chi connectivity index (χ3n) is 16.9. The van der Waals surface area contributed by atoms with Crippen LogP contribution >= 0.6 is 0 Å². The highest BCUT2D eigenvalue weighted by molar-refractivity contribution is 6.28. The lowest BCUT2D eigenvalue weighted by atomic mass is 9.78. The van der Waals surface area contributed by atoms with Gasteiger partial charge in [-0.2, -0.15) is 0 Å². The first-order valence-electron chi connectivity index (χ1n) is 28.6. The van der Waals surface area contributed by atoms with Gasteiger partial charge in [-0.05, 0) is 153 Å². The Balaban J connectivity index is 1.26. The second-order valence-corrected chi connectivity index (χ2v) is 28.9. The lowest BCUT2D eigenvalue weighted by Crippen LogP contribution is -2.18. The quantitative estimate of drug-likeness (QED) is 0.151. The molecule has 2 nitrogen and oxygen atoms in total. The molecule has 0 aliphatic heterocycles. The van der Waals surface area contributed by atoms with Crippen LogP contribution in [0, 0.1) is 0 Å². The van der Waals surface area contributed by atoms with Crippen LogP contribution < -0.4 is 4.90 Å². The van der Waals surface area contributed by atoms with Crippen molar-refractivity contribution >= 4 is 71.2 Å². The van der Waals surface area contributed by atoms with Gasteiger partial charge in [-0.25, -0.2) is 0 Å². The van der Waals surface area contributed by atoms with Crippen LogP contribution in [0.5, 0.6) is 0 Å². The van der Waals surface area contributed by atoms with Crippen LogP contribution in [0.4, 0.5) is 17.1 Å². The van der Waals surface area contributed by atoms with Crippen molar-refractivity contribution < 1.29 is 0 Å². The van der Waals surface area contributed by atoms with Gasteiger partial charge in [0, 0.05) is 32.7 Å². The predicted molar refractivity (Wildman–Crippen MR) is 342 cm³/mol. The molecule has 0 aliphatic rings. The lowest BCUT2D eigenvalue weighted by molar-refractivity contribution is 0.569. The Kier molecular flexibility index (Phi) is 12.3. The molecule has 11 rings (SSSR count). The minimum atomic E-state index is -0.115. The van der Waals surface area contributed by atoms with Gasteiger partial charge >= 0.3 is 0 Å². The second kappa shape index (κ2) is 18.2. The van der Waals surface area contributed by atoms with Gasteiger partial charge in [-0.1, -0.05) is 240 Å². The van der Waals surface area contributed by atoms with Crippen molar-refractivity contribution in [3.63, 3.8) is 0 Å². The van der Waals surface area contributed by atoms with Crippen LogP contribution in [0.3, 0.4) is 0 Å². The van der Waals surface area contributed by atoms with Crippen molar-refractivity contribution in [3.8, 4) is 27.9 Å². The number of fused-ring (bicyclic) bond motifs is 3. The summed E-state index contributed by atoms with van der Waals surface area (Å²) in [5.41, 5.74) is 19.7. The van der Waals surface area contributed by atoms with Crippen molar-refractivity contribution in [1.29, 1.82) is 0 Å². The molecule has 0 bridgehead atoms. The molecule has 0 spiro atoms. The molecule has 78 heavy (non-hydrogen) atoms. The Labute approximate surface area is 466 Å². The van der Waals surface area contributed by atoms with Crippen LogP contribution in [-0.2, 0) is 32.5 Å². The van der Waals surface area contributed by atoms with Gasteiger partial charge in [-0.3, -0.25) is 0 Å². The molecule has 10 aromatic carbocycles. The Hall–Kier alpha value is -7.16. The molecule has 2 heteroatoms. The van der Waals surface area contributed by atoms with Crippen molar-refractivity contribution in [2.75, 3.05) is 4.90 Å². The van der Waals surface area contributed by atoms with E-state index in [0.717, 1.165) is 11.4 Å². The van der Waals surface area contributed by atoms with E-state index in [1.165, 1.54) is 121 Å². The summed E-state index contributed by atoms with van der Waals surface area (Å²) in [6.07, 6.45) is 0. The zero-order valence-electron chi connectivity index (χ0n) is 50.1. The molecule has 11 aromatic rings. The number of hydrogen-bond donors (Lipinski definition) is 0. The average Bonchev–Trinajstić information content (AvgIpc) is 3.92. The summed E-state index contributed by atoms with van der Waals surface area (Å²) in [7, 11) is 0. The van der Waals surface area contributed by atoms with Gasteiger partial charge in [0.05, 0.1) is 33.8 Å². The molecule has 0 N–H and O–H groups in total. The maximum Gasteiger partial charge on any atom is 0.0543 e. The average molecular weight is 1020 g/mol. The third-order valence-corrected chi connectivity index (χ3v) is 16.9. The Morgan fingerprint density at radius 3 is 1.26 bits per heavy atom. The largest absolute Gasteiger partial charge is 0.309 e. The highest BCUT2D eigenvalue weighted by Crippen LogP contribution is 2.52. The smallest absolute Gasteiger partial charge is 0.0543 e. The Bertz CT molecular complexity index is 4010. The molecule has 0 saturated carbocycles. The SMILES string of the molecule is CC(C)(C)c1cc(-c2ccc(C(C)(C)C)cc2N(c2ccc(C(C)(C)C)cc2-c2ccccc2)c2ccc3ccc4c(-n5c6ccc(C(C)(C)C)cc6c6cc(C(C)(C)C)ccc65)ccc5ccc2c3c54)cc(C(C)(C)C)c1. The molecule has 1 aromatic heterocycles. The molecule has 0 amide bonds. The molecular formula is C76H82N2. The molecule has 1 heterocycles. The number of anilines is 3. The summed E-state index contributed by atoms with van der Waals surface area (Å²) < 4.78 is 2.55. The predicted octanol–water partition coefficient (Wildman–Crippen LogP) is 22.3. The van der Waals surface area contributed by atoms with E-state index in [9.17, 15) is 0 Å². The van der Waals surface area contributed by atoms with E-state index in [-0.39, 0.29) is 32.5 Å². The van der Waals surface area contributed by atoms with Gasteiger partial charge in [0.1, 0.15) is 0 Å². The minimum absolute atomic E-state index is 0.0139. The number of aromatic nitrogens is 1. The first-order valence-corrected chi connectivity index (χ1v) is 28.6. The Morgan fingerprint density at radius 2 is 0.718 bits per heavy atom. The highest BCUT2D eigenvalue weighted by Gasteiger charge is 2.30. The van der Waals surface area contributed by atoms with Gasteiger partial charge < -0.3 is 9.47 Å². The van der Waals surface area contributed by atoms with Crippen molar-refractivity contribution in [2.24, 2.45) is 0 Å². The third kappa shape index (κ3) is 9.27. The van der Waals surface area contributed by atoms with E-state index < -0.39 is 0 Å². The van der Waals surface area contributed by atoms with Gasteiger partial charge in [0.2, 0.25) is 0 Å². The maximum atomic E-state index is 2.64. The second-order valence-electron chi connectivity index (χ2n) is 28.9.